The monoisotopic (exact) mass is 367 g/mol. The first kappa shape index (κ1) is 16.9. The number of benzene rings is 2. The number of hydrogen-bond donors (Lipinski definition) is 1. The third-order valence-corrected chi connectivity index (χ3v) is 4.36. The number of aromatic nitrogens is 1. The highest BCUT2D eigenvalue weighted by atomic mass is 16.6. The van der Waals surface area contributed by atoms with Gasteiger partial charge in [0.25, 0.3) is 0 Å². The van der Waals surface area contributed by atoms with E-state index >= 15 is 0 Å². The second-order valence-corrected chi connectivity index (χ2v) is 6.24. The minimum absolute atomic E-state index is 0.174. The average molecular weight is 367 g/mol. The van der Waals surface area contributed by atoms with E-state index in [1.54, 1.807) is 42.5 Å². The number of hydrogen-bond acceptors (Lipinski definition) is 5. The number of carbonyl (C=O) groups is 2. The molecular formula is C19H17N3O5. The van der Waals surface area contributed by atoms with Crippen molar-refractivity contribution in [2.45, 2.75) is 13.0 Å². The number of anilines is 1. The van der Waals surface area contributed by atoms with Crippen molar-refractivity contribution in [3.8, 4) is 5.69 Å². The molecule has 2 aromatic carbocycles. The van der Waals surface area contributed by atoms with Crippen molar-refractivity contribution in [3.63, 3.8) is 0 Å². The number of nitrogens with zero attached hydrogens (tertiary/aromatic N) is 2. The number of carbonyl (C=O) groups excluding carboxylic acids is 2. The zero-order valence-corrected chi connectivity index (χ0v) is 14.5. The van der Waals surface area contributed by atoms with Crippen LogP contribution >= 0.6 is 0 Å². The van der Waals surface area contributed by atoms with Gasteiger partial charge in [0.1, 0.15) is 6.10 Å². The molecule has 27 heavy (non-hydrogen) atoms. The van der Waals surface area contributed by atoms with Gasteiger partial charge in [-0.3, -0.25) is 9.69 Å². The zero-order valence-electron chi connectivity index (χ0n) is 14.5. The van der Waals surface area contributed by atoms with Gasteiger partial charge in [-0.1, -0.05) is 12.1 Å². The molecule has 2 heterocycles. The maximum absolute atomic E-state index is 12.2. The van der Waals surface area contributed by atoms with Crippen LogP contribution in [0.3, 0.4) is 0 Å². The minimum Gasteiger partial charge on any atom is -0.442 e. The molecule has 1 atom stereocenters. The Kier molecular flexibility index (Phi) is 4.15. The number of rotatable bonds is 4. The molecule has 1 aliphatic heterocycles. The van der Waals surface area contributed by atoms with Gasteiger partial charge in [0.2, 0.25) is 5.91 Å². The van der Waals surface area contributed by atoms with E-state index in [1.807, 2.05) is 6.07 Å². The van der Waals surface area contributed by atoms with Gasteiger partial charge in [0.05, 0.1) is 24.3 Å². The van der Waals surface area contributed by atoms with Crippen LogP contribution in [0, 0.1) is 0 Å². The first-order valence-electron chi connectivity index (χ1n) is 8.46. The van der Waals surface area contributed by atoms with Crippen molar-refractivity contribution in [2.75, 3.05) is 18.0 Å². The van der Waals surface area contributed by atoms with Crippen molar-refractivity contribution >= 4 is 28.8 Å². The van der Waals surface area contributed by atoms with Gasteiger partial charge < -0.3 is 14.5 Å². The molecule has 1 aromatic heterocycles. The number of ether oxygens (including phenoxy) is 1. The lowest BCUT2D eigenvalue weighted by molar-refractivity contribution is -0.119. The summed E-state index contributed by atoms with van der Waals surface area (Å²) in [6.45, 7) is 2.02. The lowest BCUT2D eigenvalue weighted by atomic mass is 10.2. The van der Waals surface area contributed by atoms with E-state index in [0.29, 0.717) is 29.0 Å². The molecule has 1 aliphatic rings. The highest BCUT2D eigenvalue weighted by Crippen LogP contribution is 2.24. The molecule has 3 aromatic rings. The zero-order chi connectivity index (χ0) is 19.0. The highest BCUT2D eigenvalue weighted by Gasteiger charge is 2.32. The Bertz CT molecular complexity index is 1070. The summed E-state index contributed by atoms with van der Waals surface area (Å²) in [5.41, 5.74) is 2.47. The molecule has 4 rings (SSSR count). The molecule has 0 saturated carbocycles. The fourth-order valence-corrected chi connectivity index (χ4v) is 3.09. The topological polar surface area (TPSA) is 93.8 Å². The van der Waals surface area contributed by atoms with Crippen LogP contribution in [0.5, 0.6) is 0 Å². The van der Waals surface area contributed by atoms with Gasteiger partial charge in [-0.25, -0.2) is 14.2 Å². The molecule has 0 unspecified atom stereocenters. The summed E-state index contributed by atoms with van der Waals surface area (Å²) in [4.78, 5) is 36.8. The fourth-order valence-electron chi connectivity index (χ4n) is 3.09. The third-order valence-electron chi connectivity index (χ3n) is 4.36. The normalized spacial score (nSPS) is 16.6. The van der Waals surface area contributed by atoms with Gasteiger partial charge in [-0.15, -0.1) is 0 Å². The second kappa shape index (κ2) is 6.64. The maximum Gasteiger partial charge on any atom is 0.424 e. The van der Waals surface area contributed by atoms with Crippen molar-refractivity contribution in [2.24, 2.45) is 0 Å². The van der Waals surface area contributed by atoms with Gasteiger partial charge in [-0.05, 0) is 36.4 Å². The van der Waals surface area contributed by atoms with E-state index in [9.17, 15) is 14.4 Å². The van der Waals surface area contributed by atoms with Crippen LogP contribution in [0.25, 0.3) is 16.8 Å². The summed E-state index contributed by atoms with van der Waals surface area (Å²) in [7, 11) is 0. The van der Waals surface area contributed by atoms with Crippen molar-refractivity contribution in [1.82, 2.24) is 9.88 Å². The van der Waals surface area contributed by atoms with Gasteiger partial charge in [0.15, 0.2) is 5.58 Å². The molecule has 0 spiro atoms. The first-order chi connectivity index (χ1) is 13.0. The molecule has 8 nitrogen and oxygen atoms in total. The van der Waals surface area contributed by atoms with E-state index < -0.39 is 18.0 Å². The van der Waals surface area contributed by atoms with Crippen LogP contribution in [0.15, 0.2) is 57.7 Å². The molecule has 1 fully saturated rings. The molecule has 138 valence electrons. The number of amides is 2. The molecule has 2 amide bonds. The Balaban J connectivity index is 1.57. The number of cyclic esters (lactones) is 1. The minimum atomic E-state index is -0.472. The van der Waals surface area contributed by atoms with E-state index in [4.69, 9.17) is 9.15 Å². The van der Waals surface area contributed by atoms with Crippen molar-refractivity contribution in [3.05, 3.63) is 59.1 Å². The highest BCUT2D eigenvalue weighted by molar-refractivity contribution is 5.90. The number of fused-ring (bicyclic) bond motifs is 1. The SMILES string of the molecule is CC(=O)NC[C@H]1CN(c2ccc(-n3c(=O)oc4ccccc43)cc2)C(=O)O1. The Morgan fingerprint density at radius 3 is 2.56 bits per heavy atom. The van der Waals surface area contributed by atoms with Gasteiger partial charge >= 0.3 is 11.8 Å². The van der Waals surface area contributed by atoms with Crippen LogP contribution < -0.4 is 16.0 Å². The fraction of sp³-hybridized carbons (Fsp3) is 0.211. The Morgan fingerprint density at radius 2 is 1.81 bits per heavy atom. The summed E-state index contributed by atoms with van der Waals surface area (Å²) >= 11 is 0. The smallest absolute Gasteiger partial charge is 0.424 e. The largest absolute Gasteiger partial charge is 0.442 e. The quantitative estimate of drug-likeness (QED) is 0.762. The Hall–Kier alpha value is -3.55. The van der Waals surface area contributed by atoms with Crippen LogP contribution in [0.1, 0.15) is 6.92 Å². The lowest BCUT2D eigenvalue weighted by Gasteiger charge is -2.13. The van der Waals surface area contributed by atoms with E-state index in [0.717, 1.165) is 0 Å². The number of para-hydroxylation sites is 2. The summed E-state index contributed by atoms with van der Waals surface area (Å²) in [5.74, 6) is -0.647. The van der Waals surface area contributed by atoms with E-state index in [1.165, 1.54) is 16.4 Å². The predicted molar refractivity (Wildman–Crippen MR) is 98.1 cm³/mol. The second-order valence-electron chi connectivity index (χ2n) is 6.24. The Labute approximate surface area is 153 Å². The van der Waals surface area contributed by atoms with Crippen LogP contribution in [-0.4, -0.2) is 35.8 Å². The van der Waals surface area contributed by atoms with Crippen molar-refractivity contribution < 1.29 is 18.7 Å². The van der Waals surface area contributed by atoms with Gasteiger partial charge in [-0.2, -0.15) is 0 Å². The van der Waals surface area contributed by atoms with Crippen molar-refractivity contribution in [1.29, 1.82) is 0 Å². The maximum atomic E-state index is 12.2. The predicted octanol–water partition coefficient (Wildman–Crippen LogP) is 2.04. The molecule has 0 radical (unpaired) electrons. The number of oxazole rings is 1. The molecule has 8 heteroatoms. The molecule has 1 N–H and O–H groups in total. The summed E-state index contributed by atoms with van der Waals surface area (Å²) in [6.07, 6.45) is -0.870. The average Bonchev–Trinajstić information content (AvgIpc) is 3.19. The van der Waals surface area contributed by atoms with E-state index in [2.05, 4.69) is 5.32 Å². The van der Waals surface area contributed by atoms with Crippen LogP contribution in [0.4, 0.5) is 10.5 Å². The number of nitrogens with one attached hydrogen (secondary N) is 1. The standard InChI is InChI=1S/C19H17N3O5/c1-12(23)20-10-15-11-21(18(24)26-15)13-6-8-14(9-7-13)22-16-4-2-3-5-17(16)27-19(22)25/h2-9,15H,10-11H2,1H3,(H,20,23)/t15-/m0/s1. The molecule has 0 aliphatic carbocycles. The third kappa shape index (κ3) is 3.17. The van der Waals surface area contributed by atoms with Gasteiger partial charge in [0, 0.05) is 12.6 Å². The molecule has 1 saturated heterocycles. The van der Waals surface area contributed by atoms with E-state index in [-0.39, 0.29) is 12.5 Å². The first-order valence-corrected chi connectivity index (χ1v) is 8.46. The molecular weight excluding hydrogens is 350 g/mol. The summed E-state index contributed by atoms with van der Waals surface area (Å²) in [5, 5.41) is 2.64. The molecule has 0 bridgehead atoms. The Morgan fingerprint density at radius 1 is 1.11 bits per heavy atom. The van der Waals surface area contributed by atoms with Crippen LogP contribution in [-0.2, 0) is 9.53 Å². The summed E-state index contributed by atoms with van der Waals surface area (Å²) < 4.78 is 12.0. The summed E-state index contributed by atoms with van der Waals surface area (Å²) in [6, 6.07) is 14.1. The van der Waals surface area contributed by atoms with Crippen LogP contribution in [0.2, 0.25) is 0 Å². The lowest BCUT2D eigenvalue weighted by Crippen LogP contribution is -2.33.